The number of nitrogens with one attached hydrogen (secondary N) is 1. The minimum absolute atomic E-state index is 0.0237. The maximum atomic E-state index is 12.2. The molecule has 0 saturated carbocycles. The van der Waals surface area contributed by atoms with Crippen molar-refractivity contribution < 1.29 is 9.53 Å². The van der Waals surface area contributed by atoms with Gasteiger partial charge in [-0.3, -0.25) is 4.79 Å². The molecule has 1 aromatic carbocycles. The van der Waals surface area contributed by atoms with Crippen LogP contribution in [0.5, 0.6) is 0 Å². The molecule has 0 bridgehead atoms. The first kappa shape index (κ1) is 21.4. The monoisotopic (exact) mass is 390 g/mol. The van der Waals surface area contributed by atoms with Crippen molar-refractivity contribution >= 4 is 17.7 Å². The maximum absolute atomic E-state index is 12.2. The van der Waals surface area contributed by atoms with E-state index in [1.165, 1.54) is 0 Å². The first-order valence-electron chi connectivity index (χ1n) is 9.40. The van der Waals surface area contributed by atoms with Gasteiger partial charge in [0.2, 0.25) is 0 Å². The highest BCUT2D eigenvalue weighted by Gasteiger charge is 2.15. The van der Waals surface area contributed by atoms with E-state index in [0.717, 1.165) is 35.3 Å². The molecule has 148 valence electrons. The van der Waals surface area contributed by atoms with Gasteiger partial charge >= 0.3 is 0 Å². The van der Waals surface area contributed by atoms with Crippen LogP contribution in [-0.2, 0) is 17.0 Å². The zero-order valence-corrected chi connectivity index (χ0v) is 17.7. The van der Waals surface area contributed by atoms with Gasteiger partial charge in [0.25, 0.3) is 5.91 Å². The second-order valence-electron chi connectivity index (χ2n) is 6.91. The Hall–Kier alpha value is -1.86. The van der Waals surface area contributed by atoms with Crippen molar-refractivity contribution in [3.05, 3.63) is 41.2 Å². The second-order valence-corrected chi connectivity index (χ2v) is 7.85. The lowest BCUT2D eigenvalue weighted by Gasteiger charge is -2.12. The number of carbonyl (C=O) groups is 1. The number of benzene rings is 1. The van der Waals surface area contributed by atoms with Crippen molar-refractivity contribution in [3.8, 4) is 0 Å². The number of hydrogen-bond donors (Lipinski definition) is 1. The zero-order chi connectivity index (χ0) is 19.8. The van der Waals surface area contributed by atoms with E-state index in [0.29, 0.717) is 18.1 Å². The highest BCUT2D eigenvalue weighted by atomic mass is 32.2. The quantitative estimate of drug-likeness (QED) is 0.624. The van der Waals surface area contributed by atoms with Crippen LogP contribution in [0, 0.1) is 0 Å². The molecular formula is C20H30N4O2S. The third-order valence-corrected chi connectivity index (χ3v) is 5.39. The molecule has 1 aromatic heterocycles. The van der Waals surface area contributed by atoms with Gasteiger partial charge in [0.05, 0.1) is 6.61 Å². The summed E-state index contributed by atoms with van der Waals surface area (Å²) in [4.78, 5) is 12.2. The molecule has 0 unspecified atom stereocenters. The van der Waals surface area contributed by atoms with E-state index in [1.807, 2.05) is 31.2 Å². The summed E-state index contributed by atoms with van der Waals surface area (Å²) in [6.45, 7) is 9.67. The first-order valence-corrected chi connectivity index (χ1v) is 10.4. The lowest BCUT2D eigenvalue weighted by atomic mass is 10.1. The predicted molar refractivity (Wildman–Crippen MR) is 109 cm³/mol. The average Bonchev–Trinajstić information content (AvgIpc) is 3.07. The van der Waals surface area contributed by atoms with Gasteiger partial charge in [-0.25, -0.2) is 0 Å². The predicted octanol–water partition coefficient (Wildman–Crippen LogP) is 3.87. The lowest BCUT2D eigenvalue weighted by Crippen LogP contribution is -2.31. The van der Waals surface area contributed by atoms with Crippen molar-refractivity contribution in [2.75, 3.05) is 13.7 Å². The number of nitrogens with zero attached hydrogens (tertiary/aromatic N) is 3. The Bertz CT molecular complexity index is 728. The summed E-state index contributed by atoms with van der Waals surface area (Å²) >= 11 is 1.65. The van der Waals surface area contributed by atoms with E-state index in [1.54, 1.807) is 18.9 Å². The second kappa shape index (κ2) is 10.5. The molecule has 0 aliphatic carbocycles. The molecule has 1 heterocycles. The van der Waals surface area contributed by atoms with Crippen LogP contribution in [0.3, 0.4) is 0 Å². The number of rotatable bonds is 10. The van der Waals surface area contributed by atoms with Gasteiger partial charge in [0, 0.05) is 36.9 Å². The van der Waals surface area contributed by atoms with Gasteiger partial charge in [0.15, 0.2) is 5.16 Å². The number of aromatic nitrogens is 3. The number of carbonyl (C=O) groups excluding carboxylic acids is 1. The summed E-state index contributed by atoms with van der Waals surface area (Å²) in [5.41, 5.74) is 1.84. The summed E-state index contributed by atoms with van der Waals surface area (Å²) in [5.74, 6) is 2.04. The summed E-state index contributed by atoms with van der Waals surface area (Å²) in [6, 6.07) is 7.93. The minimum Gasteiger partial charge on any atom is -0.383 e. The number of methoxy groups -OCH3 is 1. The maximum Gasteiger partial charge on any atom is 0.251 e. The molecule has 0 aliphatic heterocycles. The van der Waals surface area contributed by atoms with E-state index >= 15 is 0 Å². The molecule has 0 radical (unpaired) electrons. The molecule has 6 nitrogen and oxygen atoms in total. The van der Waals surface area contributed by atoms with Gasteiger partial charge in [-0.2, -0.15) is 0 Å². The van der Waals surface area contributed by atoms with Crippen LogP contribution < -0.4 is 5.32 Å². The topological polar surface area (TPSA) is 69.0 Å². The standard InChI is InChI=1S/C20H30N4O2S/c1-6-15(4)21-19(25)17-9-7-16(8-10-17)13-27-20-23-22-18(14(2)3)24(20)11-12-26-5/h7-10,14-15H,6,11-13H2,1-5H3,(H,21,25)/t15-/m1/s1. The van der Waals surface area contributed by atoms with Crippen molar-refractivity contribution in [2.45, 2.75) is 63.5 Å². The summed E-state index contributed by atoms with van der Waals surface area (Å²) in [5, 5.41) is 12.6. The fraction of sp³-hybridized carbons (Fsp3) is 0.550. The largest absolute Gasteiger partial charge is 0.383 e. The van der Waals surface area contributed by atoms with Crippen LogP contribution in [0.4, 0.5) is 0 Å². The Morgan fingerprint density at radius 2 is 1.93 bits per heavy atom. The van der Waals surface area contributed by atoms with Crippen LogP contribution in [0.2, 0.25) is 0 Å². The van der Waals surface area contributed by atoms with Crippen LogP contribution in [0.25, 0.3) is 0 Å². The molecule has 1 N–H and O–H groups in total. The Balaban J connectivity index is 2.01. The molecule has 0 fully saturated rings. The number of ether oxygens (including phenoxy) is 1. The van der Waals surface area contributed by atoms with E-state index < -0.39 is 0 Å². The Kier molecular flexibility index (Phi) is 8.31. The third kappa shape index (κ3) is 6.07. The smallest absolute Gasteiger partial charge is 0.251 e. The highest BCUT2D eigenvalue weighted by Crippen LogP contribution is 2.24. The van der Waals surface area contributed by atoms with Gasteiger partial charge in [-0.15, -0.1) is 10.2 Å². The lowest BCUT2D eigenvalue weighted by molar-refractivity contribution is 0.0939. The molecule has 0 aliphatic rings. The van der Waals surface area contributed by atoms with E-state index in [2.05, 4.69) is 40.9 Å². The molecular weight excluding hydrogens is 360 g/mol. The van der Waals surface area contributed by atoms with Crippen LogP contribution in [0.15, 0.2) is 29.4 Å². The van der Waals surface area contributed by atoms with E-state index in [9.17, 15) is 4.79 Å². The van der Waals surface area contributed by atoms with Crippen molar-refractivity contribution in [2.24, 2.45) is 0 Å². The fourth-order valence-corrected chi connectivity index (χ4v) is 3.46. The summed E-state index contributed by atoms with van der Waals surface area (Å²) in [7, 11) is 1.70. The Labute approximate surface area is 166 Å². The van der Waals surface area contributed by atoms with E-state index in [-0.39, 0.29) is 11.9 Å². The molecule has 1 atom stereocenters. The molecule has 1 amide bonds. The number of amides is 1. The summed E-state index contributed by atoms with van der Waals surface area (Å²) in [6.07, 6.45) is 0.919. The SMILES string of the molecule is CC[C@@H](C)NC(=O)c1ccc(CSc2nnc(C(C)C)n2CCOC)cc1. The normalized spacial score (nSPS) is 12.4. The third-order valence-electron chi connectivity index (χ3n) is 4.35. The highest BCUT2D eigenvalue weighted by molar-refractivity contribution is 7.98. The Morgan fingerprint density at radius 1 is 1.22 bits per heavy atom. The van der Waals surface area contributed by atoms with Gasteiger partial charge < -0.3 is 14.6 Å². The molecule has 0 spiro atoms. The fourth-order valence-electron chi connectivity index (χ4n) is 2.54. The van der Waals surface area contributed by atoms with Crippen LogP contribution >= 0.6 is 11.8 Å². The van der Waals surface area contributed by atoms with Gasteiger partial charge in [0.1, 0.15) is 5.82 Å². The zero-order valence-electron chi connectivity index (χ0n) is 16.9. The van der Waals surface area contributed by atoms with E-state index in [4.69, 9.17) is 4.74 Å². The molecule has 7 heteroatoms. The number of thioether (sulfide) groups is 1. The average molecular weight is 391 g/mol. The molecule has 27 heavy (non-hydrogen) atoms. The minimum atomic E-state index is -0.0237. The van der Waals surface area contributed by atoms with Gasteiger partial charge in [-0.05, 0) is 31.0 Å². The first-order chi connectivity index (χ1) is 13.0. The summed E-state index contributed by atoms with van der Waals surface area (Å²) < 4.78 is 7.35. The molecule has 2 aromatic rings. The van der Waals surface area contributed by atoms with Crippen molar-refractivity contribution in [3.63, 3.8) is 0 Å². The van der Waals surface area contributed by atoms with Gasteiger partial charge in [-0.1, -0.05) is 44.7 Å². The Morgan fingerprint density at radius 3 is 2.52 bits per heavy atom. The van der Waals surface area contributed by atoms with Crippen molar-refractivity contribution in [1.82, 2.24) is 20.1 Å². The van der Waals surface area contributed by atoms with Crippen LogP contribution in [0.1, 0.15) is 61.8 Å². The van der Waals surface area contributed by atoms with Crippen molar-refractivity contribution in [1.29, 1.82) is 0 Å². The number of hydrogen-bond acceptors (Lipinski definition) is 5. The molecule has 2 rings (SSSR count). The molecule has 0 saturated heterocycles. The van der Waals surface area contributed by atoms with Crippen LogP contribution in [-0.4, -0.2) is 40.4 Å².